The molecule has 2 N–H and O–H groups in total. The van der Waals surface area contributed by atoms with Gasteiger partial charge in [-0.2, -0.15) is 0 Å². The first-order valence-corrected chi connectivity index (χ1v) is 7.07. The maximum atomic E-state index is 11.1. The smallest absolute Gasteiger partial charge is 0.219 e. The molecule has 0 saturated carbocycles. The van der Waals surface area contributed by atoms with Gasteiger partial charge in [-0.1, -0.05) is 0 Å². The summed E-state index contributed by atoms with van der Waals surface area (Å²) < 4.78 is 21.5. The second kappa shape index (κ2) is 7.64. The van der Waals surface area contributed by atoms with Crippen molar-refractivity contribution in [3.8, 4) is 0 Å². The number of rotatable bonds is 8. The molecule has 0 aromatic heterocycles. The van der Waals surface area contributed by atoms with Crippen molar-refractivity contribution in [1.82, 2.24) is 5.32 Å². The van der Waals surface area contributed by atoms with Crippen molar-refractivity contribution in [1.29, 1.82) is 0 Å². The first-order valence-electron chi connectivity index (χ1n) is 5.01. The van der Waals surface area contributed by atoms with Crippen LogP contribution in [0.2, 0.25) is 0 Å². The molecule has 0 saturated heterocycles. The Labute approximate surface area is 90.8 Å². The SMILES string of the molecule is CS(=O)(=O)CCCNC(=O)CCCCO. The van der Waals surface area contributed by atoms with Gasteiger partial charge in [0.05, 0.1) is 5.75 Å². The van der Waals surface area contributed by atoms with Gasteiger partial charge in [-0.3, -0.25) is 4.79 Å². The minimum atomic E-state index is -2.93. The van der Waals surface area contributed by atoms with Gasteiger partial charge in [0.1, 0.15) is 9.84 Å². The molecule has 0 bridgehead atoms. The van der Waals surface area contributed by atoms with Gasteiger partial charge in [-0.05, 0) is 19.3 Å². The van der Waals surface area contributed by atoms with E-state index in [0.717, 1.165) is 0 Å². The number of aliphatic hydroxyl groups excluding tert-OH is 1. The zero-order chi connectivity index (χ0) is 11.7. The Kier molecular flexibility index (Phi) is 7.33. The maximum Gasteiger partial charge on any atom is 0.219 e. The lowest BCUT2D eigenvalue weighted by atomic mass is 10.2. The molecule has 0 rings (SSSR count). The Morgan fingerprint density at radius 3 is 2.47 bits per heavy atom. The zero-order valence-corrected chi connectivity index (χ0v) is 9.85. The van der Waals surface area contributed by atoms with Gasteiger partial charge in [-0.15, -0.1) is 0 Å². The number of amides is 1. The molecule has 0 aliphatic rings. The van der Waals surface area contributed by atoms with Crippen molar-refractivity contribution in [2.75, 3.05) is 25.2 Å². The highest BCUT2D eigenvalue weighted by atomic mass is 32.2. The summed E-state index contributed by atoms with van der Waals surface area (Å²) in [6.07, 6.45) is 3.30. The quantitative estimate of drug-likeness (QED) is 0.568. The fraction of sp³-hybridized carbons (Fsp3) is 0.889. The van der Waals surface area contributed by atoms with E-state index in [0.29, 0.717) is 32.2 Å². The largest absolute Gasteiger partial charge is 0.396 e. The highest BCUT2D eigenvalue weighted by Crippen LogP contribution is 1.94. The Morgan fingerprint density at radius 1 is 1.27 bits per heavy atom. The van der Waals surface area contributed by atoms with Crippen LogP contribution in [0, 0.1) is 0 Å². The minimum Gasteiger partial charge on any atom is -0.396 e. The topological polar surface area (TPSA) is 83.5 Å². The van der Waals surface area contributed by atoms with Gasteiger partial charge in [0.15, 0.2) is 0 Å². The summed E-state index contributed by atoms with van der Waals surface area (Å²) in [5.41, 5.74) is 0. The average molecular weight is 237 g/mol. The zero-order valence-electron chi connectivity index (χ0n) is 9.03. The average Bonchev–Trinajstić information content (AvgIpc) is 2.11. The van der Waals surface area contributed by atoms with Crippen LogP contribution in [0.15, 0.2) is 0 Å². The highest BCUT2D eigenvalue weighted by molar-refractivity contribution is 7.90. The number of nitrogens with one attached hydrogen (secondary N) is 1. The summed E-state index contributed by atoms with van der Waals surface area (Å²) in [5, 5.41) is 11.1. The first kappa shape index (κ1) is 14.4. The molecule has 15 heavy (non-hydrogen) atoms. The van der Waals surface area contributed by atoms with E-state index in [-0.39, 0.29) is 18.3 Å². The molecular formula is C9H19NO4S. The lowest BCUT2D eigenvalue weighted by Gasteiger charge is -2.03. The van der Waals surface area contributed by atoms with Crippen LogP contribution >= 0.6 is 0 Å². The van der Waals surface area contributed by atoms with Crippen LogP contribution in [-0.2, 0) is 14.6 Å². The van der Waals surface area contributed by atoms with Crippen LogP contribution in [0.5, 0.6) is 0 Å². The molecule has 0 heterocycles. The molecule has 1 amide bonds. The van der Waals surface area contributed by atoms with Gasteiger partial charge < -0.3 is 10.4 Å². The molecule has 6 heteroatoms. The van der Waals surface area contributed by atoms with E-state index in [9.17, 15) is 13.2 Å². The Bertz CT molecular complexity index is 274. The number of hydrogen-bond acceptors (Lipinski definition) is 4. The van der Waals surface area contributed by atoms with E-state index in [1.54, 1.807) is 0 Å². The van der Waals surface area contributed by atoms with Crippen molar-refractivity contribution in [3.63, 3.8) is 0 Å². The minimum absolute atomic E-state index is 0.0862. The van der Waals surface area contributed by atoms with Crippen molar-refractivity contribution in [3.05, 3.63) is 0 Å². The summed E-state index contributed by atoms with van der Waals surface area (Å²) in [7, 11) is -2.93. The lowest BCUT2D eigenvalue weighted by molar-refractivity contribution is -0.121. The standard InChI is InChI=1S/C9H19NO4S/c1-15(13,14)8-4-6-10-9(12)5-2-3-7-11/h11H,2-8H2,1H3,(H,10,12). The van der Waals surface area contributed by atoms with Crippen LogP contribution < -0.4 is 5.32 Å². The van der Waals surface area contributed by atoms with E-state index in [4.69, 9.17) is 5.11 Å². The van der Waals surface area contributed by atoms with Gasteiger partial charge in [0, 0.05) is 25.8 Å². The lowest BCUT2D eigenvalue weighted by Crippen LogP contribution is -2.25. The summed E-state index contributed by atoms with van der Waals surface area (Å²) >= 11 is 0. The van der Waals surface area contributed by atoms with E-state index < -0.39 is 9.84 Å². The molecule has 90 valence electrons. The van der Waals surface area contributed by atoms with E-state index in [1.807, 2.05) is 0 Å². The van der Waals surface area contributed by atoms with Gasteiger partial charge in [-0.25, -0.2) is 8.42 Å². The van der Waals surface area contributed by atoms with Crippen LogP contribution in [0.1, 0.15) is 25.7 Å². The van der Waals surface area contributed by atoms with E-state index in [1.165, 1.54) is 6.26 Å². The molecule has 0 aliphatic heterocycles. The Balaban J connectivity index is 3.39. The molecule has 0 atom stereocenters. The second-order valence-corrected chi connectivity index (χ2v) is 5.77. The first-order chi connectivity index (χ1) is 6.95. The van der Waals surface area contributed by atoms with E-state index in [2.05, 4.69) is 5.32 Å². The third-order valence-electron chi connectivity index (χ3n) is 1.83. The number of unbranched alkanes of at least 4 members (excludes halogenated alkanes) is 1. The van der Waals surface area contributed by atoms with Gasteiger partial charge in [0.2, 0.25) is 5.91 Å². The third kappa shape index (κ3) is 11.3. The number of sulfone groups is 1. The molecule has 0 aliphatic carbocycles. The van der Waals surface area contributed by atoms with Crippen molar-refractivity contribution < 1.29 is 18.3 Å². The molecule has 5 nitrogen and oxygen atoms in total. The Hall–Kier alpha value is -0.620. The number of carbonyl (C=O) groups excluding carboxylic acids is 1. The van der Waals surface area contributed by atoms with Crippen LogP contribution in [0.25, 0.3) is 0 Å². The molecule has 0 spiro atoms. The molecule has 0 fully saturated rings. The van der Waals surface area contributed by atoms with Crippen LogP contribution in [0.4, 0.5) is 0 Å². The number of aliphatic hydroxyl groups is 1. The molecule has 0 radical (unpaired) electrons. The monoisotopic (exact) mass is 237 g/mol. The fourth-order valence-corrected chi connectivity index (χ4v) is 1.72. The summed E-state index contributed by atoms with van der Waals surface area (Å²) in [6, 6.07) is 0. The van der Waals surface area contributed by atoms with Crippen molar-refractivity contribution in [2.24, 2.45) is 0 Å². The second-order valence-electron chi connectivity index (χ2n) is 3.51. The molecular weight excluding hydrogens is 218 g/mol. The van der Waals surface area contributed by atoms with Crippen molar-refractivity contribution in [2.45, 2.75) is 25.7 Å². The summed E-state index contributed by atoms with van der Waals surface area (Å²) in [6.45, 7) is 0.492. The van der Waals surface area contributed by atoms with Gasteiger partial charge >= 0.3 is 0 Å². The molecule has 0 aromatic rings. The predicted octanol–water partition coefficient (Wildman–Crippen LogP) is -0.300. The van der Waals surface area contributed by atoms with Crippen molar-refractivity contribution >= 4 is 15.7 Å². The molecule has 0 aromatic carbocycles. The Morgan fingerprint density at radius 2 is 1.93 bits per heavy atom. The highest BCUT2D eigenvalue weighted by Gasteiger charge is 2.03. The summed E-state index contributed by atoms with van der Waals surface area (Å²) in [5.74, 6) is 0.0150. The van der Waals surface area contributed by atoms with Gasteiger partial charge in [0.25, 0.3) is 0 Å². The van der Waals surface area contributed by atoms with Crippen LogP contribution in [0.3, 0.4) is 0 Å². The fourth-order valence-electron chi connectivity index (χ4n) is 1.05. The number of hydrogen-bond donors (Lipinski definition) is 2. The van der Waals surface area contributed by atoms with Crippen LogP contribution in [-0.4, -0.2) is 44.6 Å². The predicted molar refractivity (Wildman–Crippen MR) is 58.3 cm³/mol. The molecule has 0 unspecified atom stereocenters. The maximum absolute atomic E-state index is 11.1. The number of carbonyl (C=O) groups is 1. The van der Waals surface area contributed by atoms with E-state index >= 15 is 0 Å². The summed E-state index contributed by atoms with van der Waals surface area (Å²) in [4.78, 5) is 11.1. The third-order valence-corrected chi connectivity index (χ3v) is 2.86. The normalized spacial score (nSPS) is 11.3.